The van der Waals surface area contributed by atoms with Crippen LogP contribution in [0.15, 0.2) is 64.5 Å². The van der Waals surface area contributed by atoms with Crippen molar-refractivity contribution in [2.75, 3.05) is 0 Å². The van der Waals surface area contributed by atoms with E-state index in [0.29, 0.717) is 5.92 Å². The highest BCUT2D eigenvalue weighted by Crippen LogP contribution is 2.46. The van der Waals surface area contributed by atoms with Gasteiger partial charge in [-0.3, -0.25) is 15.4 Å². The van der Waals surface area contributed by atoms with Crippen LogP contribution in [0.2, 0.25) is 0 Å². The molecule has 4 heteroatoms. The molecule has 3 atom stereocenters. The molecule has 1 N–H and O–H groups in total. The third-order valence-corrected chi connectivity index (χ3v) is 7.63. The highest BCUT2D eigenvalue weighted by Gasteiger charge is 2.36. The zero-order valence-corrected chi connectivity index (χ0v) is 18.9. The van der Waals surface area contributed by atoms with E-state index in [2.05, 4.69) is 55.4 Å². The Morgan fingerprint density at radius 1 is 0.935 bits per heavy atom. The third-order valence-electron chi connectivity index (χ3n) is 7.63. The van der Waals surface area contributed by atoms with Gasteiger partial charge in [0.25, 0.3) is 0 Å². The van der Waals surface area contributed by atoms with Crippen LogP contribution in [0.5, 0.6) is 0 Å². The molecule has 5 rings (SSSR count). The van der Waals surface area contributed by atoms with Crippen LogP contribution >= 0.6 is 0 Å². The van der Waals surface area contributed by atoms with Crippen LogP contribution in [0.25, 0.3) is 5.70 Å². The van der Waals surface area contributed by atoms with Gasteiger partial charge in [-0.1, -0.05) is 29.7 Å². The maximum atomic E-state index is 4.85. The number of allylic oxidation sites excluding steroid dienone is 3. The molecule has 1 saturated carbocycles. The maximum Gasteiger partial charge on any atom is 0.0935 e. The lowest BCUT2D eigenvalue weighted by molar-refractivity contribution is 0.278. The first-order chi connectivity index (χ1) is 15.1. The summed E-state index contributed by atoms with van der Waals surface area (Å²) in [4.78, 5) is 9.36. The summed E-state index contributed by atoms with van der Waals surface area (Å²) in [6.45, 7) is 6.73. The summed E-state index contributed by atoms with van der Waals surface area (Å²) in [6.07, 6.45) is 11.1. The van der Waals surface area contributed by atoms with Gasteiger partial charge in [0.2, 0.25) is 0 Å². The van der Waals surface area contributed by atoms with E-state index in [1.807, 2.05) is 18.5 Å². The van der Waals surface area contributed by atoms with Gasteiger partial charge >= 0.3 is 0 Å². The molecule has 160 valence electrons. The Hall–Kier alpha value is -2.75. The van der Waals surface area contributed by atoms with Gasteiger partial charge in [-0.2, -0.15) is 5.10 Å². The smallest absolute Gasteiger partial charge is 0.0935 e. The minimum absolute atomic E-state index is 0.314. The van der Waals surface area contributed by atoms with Crippen molar-refractivity contribution in [2.45, 2.75) is 59.3 Å². The van der Waals surface area contributed by atoms with Gasteiger partial charge in [0.15, 0.2) is 0 Å². The van der Waals surface area contributed by atoms with E-state index in [4.69, 9.17) is 10.1 Å². The summed E-state index contributed by atoms with van der Waals surface area (Å²) < 4.78 is 0. The Balaban J connectivity index is 1.49. The first kappa shape index (κ1) is 20.2. The number of fused-ring (bicyclic) bond motifs is 1. The van der Waals surface area contributed by atoms with Crippen LogP contribution in [0.4, 0.5) is 0 Å². The Morgan fingerprint density at radius 2 is 1.84 bits per heavy atom. The van der Waals surface area contributed by atoms with Gasteiger partial charge < -0.3 is 0 Å². The van der Waals surface area contributed by atoms with E-state index in [9.17, 15) is 0 Å². The molecule has 0 saturated heterocycles. The molecule has 2 unspecified atom stereocenters. The zero-order valence-electron chi connectivity index (χ0n) is 18.9. The first-order valence-corrected chi connectivity index (χ1v) is 11.7. The van der Waals surface area contributed by atoms with E-state index < -0.39 is 0 Å². The number of aryl methyl sites for hydroxylation is 1. The predicted octanol–water partition coefficient (Wildman–Crippen LogP) is 6.06. The topological polar surface area (TPSA) is 50.2 Å². The summed E-state index contributed by atoms with van der Waals surface area (Å²) in [6, 6.07) is 10.4. The highest BCUT2D eigenvalue weighted by molar-refractivity contribution is 6.04. The Labute approximate surface area is 185 Å². The number of rotatable bonds is 3. The van der Waals surface area contributed by atoms with Crippen molar-refractivity contribution in [3.8, 4) is 0 Å². The number of pyridine rings is 2. The Morgan fingerprint density at radius 3 is 2.55 bits per heavy atom. The number of nitrogens with zero attached hydrogens (tertiary/aromatic N) is 3. The molecular weight excluding hydrogens is 380 g/mol. The number of nitrogens with one attached hydrogen (secondary N) is 1. The van der Waals surface area contributed by atoms with Crippen LogP contribution < -0.4 is 5.43 Å². The molecule has 2 aromatic heterocycles. The SMILES string of the molecule is CC1=C(C)C([C@@H]2CCCC3C(c4ccc(C)cn4)=NNC(c4ccccn4)=C3CC2)C1. The van der Waals surface area contributed by atoms with E-state index in [1.54, 1.807) is 11.1 Å². The molecule has 4 nitrogen and oxygen atoms in total. The fourth-order valence-electron chi connectivity index (χ4n) is 5.62. The summed E-state index contributed by atoms with van der Waals surface area (Å²) in [5.74, 6) is 1.90. The van der Waals surface area contributed by atoms with Gasteiger partial charge in [0, 0.05) is 18.3 Å². The second-order valence-corrected chi connectivity index (χ2v) is 9.50. The third kappa shape index (κ3) is 3.84. The van der Waals surface area contributed by atoms with Crippen molar-refractivity contribution in [2.24, 2.45) is 22.9 Å². The molecule has 0 bridgehead atoms. The van der Waals surface area contributed by atoms with Gasteiger partial charge in [-0.25, -0.2) is 0 Å². The van der Waals surface area contributed by atoms with Crippen molar-refractivity contribution >= 4 is 11.4 Å². The summed E-state index contributed by atoms with van der Waals surface area (Å²) >= 11 is 0. The van der Waals surface area contributed by atoms with Crippen LogP contribution in [0.3, 0.4) is 0 Å². The van der Waals surface area contributed by atoms with E-state index in [0.717, 1.165) is 47.5 Å². The van der Waals surface area contributed by atoms with E-state index in [1.165, 1.54) is 36.8 Å². The lowest BCUT2D eigenvalue weighted by Gasteiger charge is -2.39. The molecule has 2 aliphatic carbocycles. The fourth-order valence-corrected chi connectivity index (χ4v) is 5.62. The lowest BCUT2D eigenvalue weighted by atomic mass is 9.66. The van der Waals surface area contributed by atoms with Gasteiger partial charge in [-0.15, -0.1) is 0 Å². The molecular formula is C27H32N4. The average Bonchev–Trinajstić information content (AvgIpc) is 2.79. The highest BCUT2D eigenvalue weighted by atomic mass is 15.3. The fraction of sp³-hybridized carbons (Fsp3) is 0.444. The van der Waals surface area contributed by atoms with Gasteiger partial charge in [0.1, 0.15) is 0 Å². The molecule has 3 heterocycles. The zero-order chi connectivity index (χ0) is 21.4. The molecule has 0 radical (unpaired) electrons. The molecule has 1 aliphatic heterocycles. The van der Waals surface area contributed by atoms with E-state index >= 15 is 0 Å². The molecule has 2 aromatic rings. The second-order valence-electron chi connectivity index (χ2n) is 9.50. The van der Waals surface area contributed by atoms with Gasteiger partial charge in [0.05, 0.1) is 22.8 Å². The standard InChI is InChI=1S/C27H32N4/c1-17-10-13-25(29-16-17)26-21-8-6-7-20(23-15-18(2)19(23)3)11-12-22(21)27(31-30-26)24-9-4-5-14-28-24/h4-5,9-10,13-14,16,20-21,23,31H,6-8,11-12,15H2,1-3H3/t20-,21?,23?/m1/s1. The van der Waals surface area contributed by atoms with Crippen molar-refractivity contribution in [1.29, 1.82) is 0 Å². The van der Waals surface area contributed by atoms with Crippen LogP contribution in [-0.4, -0.2) is 15.7 Å². The number of hydrogen-bond acceptors (Lipinski definition) is 4. The minimum atomic E-state index is 0.314. The molecule has 3 aliphatic rings. The second kappa shape index (κ2) is 8.41. The summed E-state index contributed by atoms with van der Waals surface area (Å²) in [5, 5.41) is 4.85. The first-order valence-electron chi connectivity index (χ1n) is 11.7. The Kier molecular flexibility index (Phi) is 5.47. The lowest BCUT2D eigenvalue weighted by Crippen LogP contribution is -2.32. The molecule has 0 spiro atoms. The van der Waals surface area contributed by atoms with Crippen molar-refractivity contribution in [3.63, 3.8) is 0 Å². The van der Waals surface area contributed by atoms with Crippen LogP contribution in [0, 0.1) is 24.7 Å². The Bertz CT molecular complexity index is 1050. The monoisotopic (exact) mass is 412 g/mol. The van der Waals surface area contributed by atoms with Crippen molar-refractivity contribution in [1.82, 2.24) is 15.4 Å². The summed E-state index contributed by atoms with van der Waals surface area (Å²) in [7, 11) is 0. The predicted molar refractivity (Wildman–Crippen MR) is 126 cm³/mol. The quantitative estimate of drug-likeness (QED) is 0.624. The van der Waals surface area contributed by atoms with Gasteiger partial charge in [-0.05, 0) is 94.0 Å². The van der Waals surface area contributed by atoms with Crippen molar-refractivity contribution in [3.05, 3.63) is 76.4 Å². The van der Waals surface area contributed by atoms with E-state index in [-0.39, 0.29) is 0 Å². The van der Waals surface area contributed by atoms with Crippen LogP contribution in [0.1, 0.15) is 69.3 Å². The minimum Gasteiger partial charge on any atom is -0.276 e. The van der Waals surface area contributed by atoms with Crippen LogP contribution in [-0.2, 0) is 0 Å². The summed E-state index contributed by atoms with van der Waals surface area (Å²) in [5.41, 5.74) is 13.5. The molecule has 0 amide bonds. The molecule has 0 aromatic carbocycles. The number of aromatic nitrogens is 2. The normalized spacial score (nSPS) is 26.3. The largest absolute Gasteiger partial charge is 0.276 e. The number of hydrogen-bond donors (Lipinski definition) is 1. The average molecular weight is 413 g/mol. The molecule has 1 fully saturated rings. The maximum absolute atomic E-state index is 4.85. The van der Waals surface area contributed by atoms with Crippen molar-refractivity contribution < 1.29 is 0 Å². The number of hydrazone groups is 1. The molecule has 31 heavy (non-hydrogen) atoms.